The van der Waals surface area contributed by atoms with E-state index in [-0.39, 0.29) is 10.8 Å². The Balaban J connectivity index is 1.35. The van der Waals surface area contributed by atoms with Gasteiger partial charge in [0.25, 0.3) is 0 Å². The van der Waals surface area contributed by atoms with Crippen LogP contribution in [0.2, 0.25) is 0 Å². The van der Waals surface area contributed by atoms with Crippen molar-refractivity contribution >= 4 is 17.3 Å². The molecule has 0 amide bonds. The van der Waals surface area contributed by atoms with Crippen molar-refractivity contribution in [2.24, 2.45) is 5.92 Å². The third-order valence-corrected chi connectivity index (χ3v) is 11.3. The van der Waals surface area contributed by atoms with Gasteiger partial charge in [-0.15, -0.1) is 0 Å². The first-order chi connectivity index (χ1) is 19.3. The zero-order valence-electron chi connectivity index (χ0n) is 23.9. The predicted octanol–water partition coefficient (Wildman–Crippen LogP) is 10.4. The molecule has 4 aromatic rings. The highest BCUT2D eigenvalue weighted by Crippen LogP contribution is 2.59. The van der Waals surface area contributed by atoms with Crippen LogP contribution in [0.25, 0.3) is 16.7 Å². The molecular weight excluding hydrogens is 500 g/mol. The van der Waals surface area contributed by atoms with Gasteiger partial charge in [0.05, 0.1) is 0 Å². The fourth-order valence-corrected chi connectivity index (χ4v) is 9.47. The van der Waals surface area contributed by atoms with Crippen molar-refractivity contribution < 1.29 is 0 Å². The van der Waals surface area contributed by atoms with E-state index >= 15 is 0 Å². The SMILES string of the molecule is CC1c2ccccc2C(c2ccc3c(c2)C(C)(C)c2ccc4c(c2-3)Sc2ccccc2C4(C)C)=C2C=CC=CC21. The number of allylic oxidation sites excluding steroid dienone is 5. The van der Waals surface area contributed by atoms with E-state index in [2.05, 4.69) is 138 Å². The van der Waals surface area contributed by atoms with Gasteiger partial charge < -0.3 is 0 Å². The molecule has 1 heteroatoms. The molecule has 1 aliphatic heterocycles. The lowest BCUT2D eigenvalue weighted by molar-refractivity contribution is 0.604. The topological polar surface area (TPSA) is 0 Å². The molecule has 0 saturated carbocycles. The first kappa shape index (κ1) is 24.3. The van der Waals surface area contributed by atoms with Crippen molar-refractivity contribution in [1.29, 1.82) is 0 Å². The summed E-state index contributed by atoms with van der Waals surface area (Å²) < 4.78 is 0. The molecule has 0 N–H and O–H groups in total. The van der Waals surface area contributed by atoms with Crippen LogP contribution in [-0.4, -0.2) is 0 Å². The maximum absolute atomic E-state index is 2.52. The van der Waals surface area contributed by atoms with Gasteiger partial charge in [-0.1, -0.05) is 137 Å². The summed E-state index contributed by atoms with van der Waals surface area (Å²) >= 11 is 1.97. The molecule has 2 unspecified atom stereocenters. The van der Waals surface area contributed by atoms with Gasteiger partial charge in [-0.25, -0.2) is 0 Å². The second kappa shape index (κ2) is 8.24. The number of benzene rings is 4. The van der Waals surface area contributed by atoms with Crippen molar-refractivity contribution in [3.05, 3.63) is 148 Å². The maximum atomic E-state index is 2.52. The lowest BCUT2D eigenvalue weighted by Crippen LogP contribution is -2.24. The van der Waals surface area contributed by atoms with Crippen LogP contribution in [0.15, 0.2) is 119 Å². The molecule has 1 heterocycles. The molecule has 3 aliphatic carbocycles. The molecule has 40 heavy (non-hydrogen) atoms. The van der Waals surface area contributed by atoms with Gasteiger partial charge in [-0.3, -0.25) is 0 Å². The van der Waals surface area contributed by atoms with Gasteiger partial charge in [0.15, 0.2) is 0 Å². The number of hydrogen-bond acceptors (Lipinski definition) is 1. The molecule has 0 fully saturated rings. The molecule has 0 nitrogen and oxygen atoms in total. The van der Waals surface area contributed by atoms with Crippen LogP contribution >= 0.6 is 11.8 Å². The van der Waals surface area contributed by atoms with Gasteiger partial charge in [0.1, 0.15) is 0 Å². The summed E-state index contributed by atoms with van der Waals surface area (Å²) in [6.45, 7) is 12.0. The molecule has 2 atom stereocenters. The number of rotatable bonds is 1. The van der Waals surface area contributed by atoms with Crippen LogP contribution in [0.3, 0.4) is 0 Å². The third kappa shape index (κ3) is 3.10. The minimum Gasteiger partial charge on any atom is -0.0888 e. The van der Waals surface area contributed by atoms with E-state index in [4.69, 9.17) is 0 Å². The van der Waals surface area contributed by atoms with Crippen molar-refractivity contribution in [2.75, 3.05) is 0 Å². The zero-order chi connectivity index (χ0) is 27.4. The van der Waals surface area contributed by atoms with E-state index in [0.29, 0.717) is 11.8 Å². The number of fused-ring (bicyclic) bond motifs is 8. The monoisotopic (exact) mass is 534 g/mol. The van der Waals surface area contributed by atoms with Gasteiger partial charge in [-0.05, 0) is 73.7 Å². The third-order valence-electron chi connectivity index (χ3n) is 10.1. The first-order valence-electron chi connectivity index (χ1n) is 14.6. The van der Waals surface area contributed by atoms with Crippen LogP contribution in [0, 0.1) is 5.92 Å². The normalized spacial score (nSPS) is 22.1. The molecule has 8 rings (SSSR count). The Labute approximate surface area is 242 Å². The van der Waals surface area contributed by atoms with Crippen molar-refractivity contribution in [3.63, 3.8) is 0 Å². The molecule has 0 radical (unpaired) electrons. The molecule has 4 aliphatic rings. The summed E-state index contributed by atoms with van der Waals surface area (Å²) in [6.07, 6.45) is 9.18. The summed E-state index contributed by atoms with van der Waals surface area (Å²) in [5.74, 6) is 0.889. The fraction of sp³-hybridized carbons (Fsp3) is 0.231. The Morgan fingerprint density at radius 3 is 2.30 bits per heavy atom. The highest BCUT2D eigenvalue weighted by molar-refractivity contribution is 7.99. The average molecular weight is 535 g/mol. The van der Waals surface area contributed by atoms with Crippen molar-refractivity contribution in [2.45, 2.75) is 61.2 Å². The van der Waals surface area contributed by atoms with Crippen LogP contribution in [0.5, 0.6) is 0 Å². The Morgan fingerprint density at radius 1 is 0.675 bits per heavy atom. The Bertz CT molecular complexity index is 1840. The summed E-state index contributed by atoms with van der Waals surface area (Å²) in [5, 5.41) is 0. The Morgan fingerprint density at radius 2 is 1.43 bits per heavy atom. The van der Waals surface area contributed by atoms with E-state index in [1.54, 1.807) is 0 Å². The van der Waals surface area contributed by atoms with E-state index in [1.807, 2.05) is 11.8 Å². The molecule has 0 spiro atoms. The fourth-order valence-electron chi connectivity index (χ4n) is 7.91. The zero-order valence-corrected chi connectivity index (χ0v) is 24.7. The van der Waals surface area contributed by atoms with Crippen LogP contribution in [-0.2, 0) is 10.8 Å². The highest BCUT2D eigenvalue weighted by Gasteiger charge is 2.42. The summed E-state index contributed by atoms with van der Waals surface area (Å²) in [4.78, 5) is 2.83. The van der Waals surface area contributed by atoms with Crippen molar-refractivity contribution in [1.82, 2.24) is 0 Å². The molecule has 0 saturated heterocycles. The smallest absolute Gasteiger partial charge is 0.0245 e. The quantitative estimate of drug-likeness (QED) is 0.234. The lowest BCUT2D eigenvalue weighted by atomic mass is 9.69. The van der Waals surface area contributed by atoms with Gasteiger partial charge in [-0.2, -0.15) is 0 Å². The second-order valence-corrected chi connectivity index (χ2v) is 14.0. The molecule has 0 aromatic heterocycles. The molecular formula is C39H34S. The summed E-state index contributed by atoms with van der Waals surface area (Å²) in [6, 6.07) is 30.2. The van der Waals surface area contributed by atoms with Crippen LogP contribution < -0.4 is 0 Å². The van der Waals surface area contributed by atoms with Gasteiger partial charge >= 0.3 is 0 Å². The largest absolute Gasteiger partial charge is 0.0888 e. The first-order valence-corrected chi connectivity index (χ1v) is 15.4. The van der Waals surface area contributed by atoms with Gasteiger partial charge in [0, 0.05) is 32.1 Å². The van der Waals surface area contributed by atoms with Crippen molar-refractivity contribution in [3.8, 4) is 11.1 Å². The lowest BCUT2D eigenvalue weighted by Gasteiger charge is -2.36. The predicted molar refractivity (Wildman–Crippen MR) is 169 cm³/mol. The molecule has 4 aromatic carbocycles. The molecule has 0 bridgehead atoms. The average Bonchev–Trinajstić information content (AvgIpc) is 3.20. The molecule has 196 valence electrons. The minimum atomic E-state index is -0.0637. The minimum absolute atomic E-state index is 0.0239. The summed E-state index contributed by atoms with van der Waals surface area (Å²) in [5.41, 5.74) is 15.6. The highest BCUT2D eigenvalue weighted by atomic mass is 32.2. The van der Waals surface area contributed by atoms with Crippen LogP contribution in [0.1, 0.15) is 79.5 Å². The Hall–Kier alpha value is -3.55. The summed E-state index contributed by atoms with van der Waals surface area (Å²) in [7, 11) is 0. The van der Waals surface area contributed by atoms with Crippen LogP contribution in [0.4, 0.5) is 0 Å². The maximum Gasteiger partial charge on any atom is 0.0245 e. The van der Waals surface area contributed by atoms with E-state index in [9.17, 15) is 0 Å². The second-order valence-electron chi connectivity index (χ2n) is 12.9. The number of hydrogen-bond donors (Lipinski definition) is 0. The van der Waals surface area contributed by atoms with E-state index in [0.717, 1.165) is 0 Å². The Kier molecular flexibility index (Phi) is 5.00. The van der Waals surface area contributed by atoms with E-state index in [1.165, 1.54) is 71.0 Å². The standard InChI is InChI=1S/C39H34S/c1-23-25-12-6-8-14-27(25)35(28-15-9-7-13-26(23)28)24-18-19-29-33(22-24)39(4,5)31-20-21-32-37(36(29)31)40-34-17-11-10-16-30(34)38(32,2)3/h6-23,25H,1-5H3. The van der Waals surface area contributed by atoms with Gasteiger partial charge in [0.2, 0.25) is 0 Å². The van der Waals surface area contributed by atoms with E-state index < -0.39 is 0 Å².